The maximum absolute atomic E-state index is 12.7. The first-order chi connectivity index (χ1) is 13.2. The summed E-state index contributed by atoms with van der Waals surface area (Å²) in [6, 6.07) is 6.70. The molecule has 0 spiro atoms. The summed E-state index contributed by atoms with van der Waals surface area (Å²) in [6.07, 6.45) is 5.03. The summed E-state index contributed by atoms with van der Waals surface area (Å²) >= 11 is 0. The minimum Gasteiger partial charge on any atom is -0.872 e. The number of hydrogen-bond donors (Lipinski definition) is 1. The molecule has 140 valence electrons. The third-order valence-electron chi connectivity index (χ3n) is 5.34. The SMILES string of the molecule is CCN1CC[NH+](Cc2c([O-])ccc3c2O/C(=C\c2ccncc2)C3=O)CC1. The van der Waals surface area contributed by atoms with Gasteiger partial charge in [0.1, 0.15) is 12.3 Å². The fourth-order valence-electron chi connectivity index (χ4n) is 3.68. The quantitative estimate of drug-likeness (QED) is 0.799. The van der Waals surface area contributed by atoms with E-state index < -0.39 is 0 Å². The number of pyridine rings is 1. The average Bonchev–Trinajstić information content (AvgIpc) is 3.01. The number of ether oxygens (including phenoxy) is 1. The summed E-state index contributed by atoms with van der Waals surface area (Å²) in [5.74, 6) is 0.470. The van der Waals surface area contributed by atoms with Crippen LogP contribution in [0.3, 0.4) is 0 Å². The predicted molar refractivity (Wildman–Crippen MR) is 99.6 cm³/mol. The van der Waals surface area contributed by atoms with E-state index in [2.05, 4.69) is 16.8 Å². The second-order valence-electron chi connectivity index (χ2n) is 7.00. The molecule has 0 saturated carbocycles. The smallest absolute Gasteiger partial charge is 0.231 e. The van der Waals surface area contributed by atoms with E-state index in [1.165, 1.54) is 11.0 Å². The molecule has 1 fully saturated rings. The molecule has 6 heteroatoms. The minimum atomic E-state index is -0.172. The molecule has 2 aliphatic rings. The lowest BCUT2D eigenvalue weighted by Crippen LogP contribution is -3.13. The van der Waals surface area contributed by atoms with Crippen LogP contribution in [0.5, 0.6) is 11.5 Å². The normalized spacial score (nSPS) is 19.3. The average molecular weight is 365 g/mol. The highest BCUT2D eigenvalue weighted by Crippen LogP contribution is 2.38. The molecule has 3 heterocycles. The Kier molecular flexibility index (Phi) is 4.92. The Balaban J connectivity index is 1.59. The van der Waals surface area contributed by atoms with Crippen molar-refractivity contribution in [3.63, 3.8) is 0 Å². The molecule has 1 aromatic heterocycles. The van der Waals surface area contributed by atoms with Crippen molar-refractivity contribution in [2.75, 3.05) is 32.7 Å². The third kappa shape index (κ3) is 3.59. The van der Waals surface area contributed by atoms with Crippen LogP contribution in [0.15, 0.2) is 42.4 Å². The molecule has 0 radical (unpaired) electrons. The number of quaternary nitrogens is 1. The van der Waals surface area contributed by atoms with Gasteiger partial charge in [0.05, 0.1) is 18.7 Å². The maximum atomic E-state index is 12.7. The Labute approximate surface area is 158 Å². The van der Waals surface area contributed by atoms with E-state index in [1.807, 2.05) is 12.1 Å². The number of ketones is 1. The molecule has 2 aromatic rings. The van der Waals surface area contributed by atoms with Gasteiger partial charge in [-0.05, 0) is 36.4 Å². The number of fused-ring (bicyclic) bond motifs is 1. The summed E-state index contributed by atoms with van der Waals surface area (Å²) in [7, 11) is 0. The Morgan fingerprint density at radius 3 is 2.67 bits per heavy atom. The highest BCUT2D eigenvalue weighted by molar-refractivity contribution is 6.14. The molecule has 1 N–H and O–H groups in total. The zero-order valence-corrected chi connectivity index (χ0v) is 15.4. The first-order valence-corrected chi connectivity index (χ1v) is 9.38. The minimum absolute atomic E-state index is 0.0582. The topological polar surface area (TPSA) is 69.9 Å². The van der Waals surface area contributed by atoms with Crippen molar-refractivity contribution in [2.24, 2.45) is 0 Å². The van der Waals surface area contributed by atoms with Gasteiger partial charge in [-0.3, -0.25) is 14.7 Å². The van der Waals surface area contributed by atoms with Crippen molar-refractivity contribution in [3.8, 4) is 11.5 Å². The summed E-state index contributed by atoms with van der Waals surface area (Å²) in [5.41, 5.74) is 1.93. The van der Waals surface area contributed by atoms with E-state index in [4.69, 9.17) is 4.74 Å². The van der Waals surface area contributed by atoms with Gasteiger partial charge < -0.3 is 14.7 Å². The molecule has 0 atom stereocenters. The van der Waals surface area contributed by atoms with Gasteiger partial charge in [-0.15, -0.1) is 0 Å². The number of hydrogen-bond acceptors (Lipinski definition) is 5. The summed E-state index contributed by atoms with van der Waals surface area (Å²) in [6.45, 7) is 7.86. The molecule has 2 aliphatic heterocycles. The van der Waals surface area contributed by atoms with Crippen LogP contribution in [0.1, 0.15) is 28.4 Å². The molecule has 27 heavy (non-hydrogen) atoms. The maximum Gasteiger partial charge on any atom is 0.231 e. The molecular weight excluding hydrogens is 342 g/mol. The standard InChI is InChI=1S/C21H23N3O3/c1-2-23-9-11-24(12-10-23)14-17-18(25)4-3-16-20(26)19(27-21(16)17)13-15-5-7-22-8-6-15/h3-8,13,25H,2,9-12,14H2,1H3/b19-13-. The fourth-order valence-corrected chi connectivity index (χ4v) is 3.68. The summed E-state index contributed by atoms with van der Waals surface area (Å²) in [4.78, 5) is 20.5. The lowest BCUT2D eigenvalue weighted by atomic mass is 10.0. The van der Waals surface area contributed by atoms with E-state index in [0.717, 1.165) is 38.3 Å². The van der Waals surface area contributed by atoms with Crippen molar-refractivity contribution < 1.29 is 19.5 Å². The van der Waals surface area contributed by atoms with Crippen molar-refractivity contribution in [1.29, 1.82) is 0 Å². The third-order valence-corrected chi connectivity index (χ3v) is 5.34. The zero-order chi connectivity index (χ0) is 18.8. The number of benzene rings is 1. The second kappa shape index (κ2) is 7.50. The van der Waals surface area contributed by atoms with Gasteiger partial charge in [0, 0.05) is 31.0 Å². The molecule has 6 nitrogen and oxygen atoms in total. The Bertz CT molecular complexity index is 872. The molecule has 0 unspecified atom stereocenters. The van der Waals surface area contributed by atoms with Gasteiger partial charge in [-0.2, -0.15) is 0 Å². The predicted octanol–water partition coefficient (Wildman–Crippen LogP) is 0.492. The van der Waals surface area contributed by atoms with Crippen LogP contribution in [0.2, 0.25) is 0 Å². The van der Waals surface area contributed by atoms with Gasteiger partial charge >= 0.3 is 0 Å². The number of nitrogens with zero attached hydrogens (tertiary/aromatic N) is 2. The van der Waals surface area contributed by atoms with Crippen molar-refractivity contribution in [2.45, 2.75) is 13.5 Å². The number of nitrogens with one attached hydrogen (secondary N) is 1. The van der Waals surface area contributed by atoms with Crippen LogP contribution in [0.4, 0.5) is 0 Å². The molecule has 0 amide bonds. The van der Waals surface area contributed by atoms with Crippen molar-refractivity contribution in [3.05, 3.63) is 59.1 Å². The van der Waals surface area contributed by atoms with Crippen LogP contribution in [-0.2, 0) is 6.54 Å². The Morgan fingerprint density at radius 1 is 1.22 bits per heavy atom. The summed E-state index contributed by atoms with van der Waals surface area (Å²) < 4.78 is 5.89. The van der Waals surface area contributed by atoms with Crippen LogP contribution in [-0.4, -0.2) is 48.4 Å². The molecular formula is C21H23N3O3. The van der Waals surface area contributed by atoms with Crippen molar-refractivity contribution in [1.82, 2.24) is 9.88 Å². The number of allylic oxidation sites excluding steroid dienone is 1. The number of likely N-dealkylation sites (N-methyl/N-ethyl adjacent to an activating group) is 1. The number of Topliss-reactive ketones (excluding diaryl/α,β-unsaturated/α-hetero) is 1. The molecule has 1 saturated heterocycles. The van der Waals surface area contributed by atoms with Gasteiger partial charge in [0.25, 0.3) is 0 Å². The second-order valence-corrected chi connectivity index (χ2v) is 7.00. The fraction of sp³-hybridized carbons (Fsp3) is 0.333. The van der Waals surface area contributed by atoms with Crippen LogP contribution in [0.25, 0.3) is 6.08 Å². The lowest BCUT2D eigenvalue weighted by molar-refractivity contribution is -0.918. The number of piperazine rings is 1. The van der Waals surface area contributed by atoms with E-state index >= 15 is 0 Å². The van der Waals surface area contributed by atoms with Gasteiger partial charge in [0.15, 0.2) is 5.76 Å². The molecule has 1 aromatic carbocycles. The van der Waals surface area contributed by atoms with Gasteiger partial charge in [-0.25, -0.2) is 0 Å². The van der Waals surface area contributed by atoms with E-state index in [9.17, 15) is 9.90 Å². The molecule has 0 aliphatic carbocycles. The molecule has 0 bridgehead atoms. The highest BCUT2D eigenvalue weighted by Gasteiger charge is 2.31. The highest BCUT2D eigenvalue weighted by atomic mass is 16.5. The number of rotatable bonds is 4. The van der Waals surface area contributed by atoms with Gasteiger partial charge in [0.2, 0.25) is 5.78 Å². The van der Waals surface area contributed by atoms with Crippen LogP contribution in [0, 0.1) is 0 Å². The van der Waals surface area contributed by atoms with E-state index in [-0.39, 0.29) is 17.3 Å². The largest absolute Gasteiger partial charge is 0.872 e. The Morgan fingerprint density at radius 2 is 1.96 bits per heavy atom. The van der Waals surface area contributed by atoms with E-state index in [1.54, 1.807) is 24.5 Å². The van der Waals surface area contributed by atoms with Crippen LogP contribution < -0.4 is 14.7 Å². The van der Waals surface area contributed by atoms with Crippen molar-refractivity contribution >= 4 is 11.9 Å². The lowest BCUT2D eigenvalue weighted by Gasteiger charge is -2.32. The number of carbonyl (C=O) groups is 1. The number of aromatic nitrogens is 1. The Hall–Kier alpha value is -2.70. The first-order valence-electron chi connectivity index (χ1n) is 9.38. The molecule has 4 rings (SSSR count). The van der Waals surface area contributed by atoms with Crippen LogP contribution >= 0.6 is 0 Å². The number of carbonyl (C=O) groups excluding carboxylic acids is 1. The first kappa shape index (κ1) is 17.7. The zero-order valence-electron chi connectivity index (χ0n) is 15.4. The van der Waals surface area contributed by atoms with Gasteiger partial charge in [-0.1, -0.05) is 18.7 Å². The summed E-state index contributed by atoms with van der Waals surface area (Å²) in [5, 5.41) is 12.5. The van der Waals surface area contributed by atoms with E-state index in [0.29, 0.717) is 23.4 Å². The monoisotopic (exact) mass is 365 g/mol.